The second kappa shape index (κ2) is 8.84. The zero-order chi connectivity index (χ0) is 20.8. The van der Waals surface area contributed by atoms with E-state index >= 15 is 0 Å². The summed E-state index contributed by atoms with van der Waals surface area (Å²) in [7, 11) is 1.34. The minimum Gasteiger partial charge on any atom is -0.469 e. The first kappa shape index (κ1) is 19.8. The fourth-order valence-corrected chi connectivity index (χ4v) is 2.86. The van der Waals surface area contributed by atoms with Crippen molar-refractivity contribution in [3.63, 3.8) is 0 Å². The number of nitrogens with two attached hydrogens (primary N) is 1. The third kappa shape index (κ3) is 5.07. The number of esters is 1. The summed E-state index contributed by atoms with van der Waals surface area (Å²) in [5, 5.41) is 10.3. The maximum Gasteiger partial charge on any atom is 0.309 e. The molecule has 0 fully saturated rings. The van der Waals surface area contributed by atoms with Crippen LogP contribution in [0, 0.1) is 5.41 Å². The van der Waals surface area contributed by atoms with E-state index in [2.05, 4.69) is 10.1 Å². The molecule has 0 aliphatic carbocycles. The molecule has 6 heteroatoms. The number of nitrogen functional groups attached to an aromatic ring is 1. The molecule has 0 aromatic heterocycles. The van der Waals surface area contributed by atoms with Crippen LogP contribution in [-0.4, -0.2) is 24.8 Å². The number of anilines is 1. The van der Waals surface area contributed by atoms with E-state index in [1.807, 2.05) is 24.3 Å². The van der Waals surface area contributed by atoms with Gasteiger partial charge in [-0.25, -0.2) is 0 Å². The molecular formula is C23H21N3O3. The number of hydrogen-bond donors (Lipinski definition) is 3. The molecule has 0 spiro atoms. The molecule has 146 valence electrons. The van der Waals surface area contributed by atoms with Gasteiger partial charge in [0.25, 0.3) is 5.91 Å². The molecule has 3 rings (SSSR count). The monoisotopic (exact) mass is 387 g/mol. The predicted octanol–water partition coefficient (Wildman–Crippen LogP) is 3.61. The summed E-state index contributed by atoms with van der Waals surface area (Å²) < 4.78 is 4.67. The van der Waals surface area contributed by atoms with Crippen LogP contribution in [0.15, 0.2) is 72.8 Å². The Balaban J connectivity index is 1.70. The van der Waals surface area contributed by atoms with Gasteiger partial charge in [-0.1, -0.05) is 48.5 Å². The molecule has 0 saturated heterocycles. The summed E-state index contributed by atoms with van der Waals surface area (Å²) in [4.78, 5) is 23.9. The van der Waals surface area contributed by atoms with Crippen molar-refractivity contribution >= 4 is 23.4 Å². The molecule has 0 aliphatic rings. The summed E-state index contributed by atoms with van der Waals surface area (Å²) in [6, 6.07) is 21.7. The number of carbonyl (C=O) groups is 2. The predicted molar refractivity (Wildman–Crippen MR) is 113 cm³/mol. The van der Waals surface area contributed by atoms with Gasteiger partial charge < -0.3 is 15.8 Å². The van der Waals surface area contributed by atoms with Gasteiger partial charge in [-0.15, -0.1) is 0 Å². The fraction of sp³-hybridized carbons (Fsp3) is 0.0870. The molecule has 3 aromatic rings. The summed E-state index contributed by atoms with van der Waals surface area (Å²) >= 11 is 0. The topological polar surface area (TPSA) is 105 Å². The Hall–Kier alpha value is -3.93. The lowest BCUT2D eigenvalue weighted by molar-refractivity contribution is -0.139. The molecule has 0 aliphatic heterocycles. The Kier molecular flexibility index (Phi) is 6.04. The van der Waals surface area contributed by atoms with Gasteiger partial charge in [-0.3, -0.25) is 15.0 Å². The summed E-state index contributed by atoms with van der Waals surface area (Å²) in [6.45, 7) is 0. The van der Waals surface area contributed by atoms with Gasteiger partial charge >= 0.3 is 5.97 Å². The summed E-state index contributed by atoms with van der Waals surface area (Å²) in [5.41, 5.74) is 9.96. The van der Waals surface area contributed by atoms with Crippen molar-refractivity contribution in [1.82, 2.24) is 0 Å². The number of amidine groups is 1. The molecule has 0 radical (unpaired) electrons. The standard InChI is InChI=1S/C23H21N3O3/c1-29-21(27)14-15-3-2-4-20(13-15)26-23(28)19-11-7-17(8-12-19)16-5-9-18(10-6-16)22(24)25/h2-13H,14H2,1H3,(H3,24,25)(H,26,28). The molecule has 6 nitrogen and oxygen atoms in total. The van der Waals surface area contributed by atoms with E-state index in [1.54, 1.807) is 48.5 Å². The van der Waals surface area contributed by atoms with Crippen molar-refractivity contribution in [2.75, 3.05) is 12.4 Å². The Morgan fingerprint density at radius 1 is 0.931 bits per heavy atom. The van der Waals surface area contributed by atoms with Crippen LogP contribution in [0.3, 0.4) is 0 Å². The van der Waals surface area contributed by atoms with E-state index < -0.39 is 0 Å². The molecule has 0 saturated carbocycles. The molecule has 29 heavy (non-hydrogen) atoms. The molecule has 1 amide bonds. The van der Waals surface area contributed by atoms with Crippen molar-refractivity contribution in [2.24, 2.45) is 5.73 Å². The molecule has 0 unspecified atom stereocenters. The summed E-state index contributed by atoms with van der Waals surface area (Å²) in [5.74, 6) is -0.543. The molecule has 0 heterocycles. The number of methoxy groups -OCH3 is 1. The third-order valence-electron chi connectivity index (χ3n) is 4.44. The number of ether oxygens (including phenoxy) is 1. The number of rotatable bonds is 6. The van der Waals surface area contributed by atoms with Crippen LogP contribution in [0.4, 0.5) is 5.69 Å². The van der Waals surface area contributed by atoms with Crippen molar-refractivity contribution in [3.05, 3.63) is 89.5 Å². The van der Waals surface area contributed by atoms with E-state index in [4.69, 9.17) is 11.1 Å². The average Bonchev–Trinajstić information content (AvgIpc) is 2.74. The number of carbonyl (C=O) groups excluding carboxylic acids is 2. The van der Waals surface area contributed by atoms with Gasteiger partial charge in [-0.05, 0) is 41.0 Å². The van der Waals surface area contributed by atoms with Crippen LogP contribution >= 0.6 is 0 Å². The highest BCUT2D eigenvalue weighted by atomic mass is 16.5. The lowest BCUT2D eigenvalue weighted by Gasteiger charge is -2.08. The Morgan fingerprint density at radius 2 is 1.52 bits per heavy atom. The van der Waals surface area contributed by atoms with Gasteiger partial charge in [0.05, 0.1) is 13.5 Å². The molecule has 0 atom stereocenters. The first-order valence-corrected chi connectivity index (χ1v) is 8.98. The number of hydrogen-bond acceptors (Lipinski definition) is 4. The first-order valence-electron chi connectivity index (χ1n) is 8.98. The maximum atomic E-state index is 12.5. The van der Waals surface area contributed by atoms with Crippen molar-refractivity contribution < 1.29 is 14.3 Å². The van der Waals surface area contributed by atoms with Gasteiger partial charge in [0, 0.05) is 16.8 Å². The van der Waals surface area contributed by atoms with Crippen molar-refractivity contribution in [3.8, 4) is 11.1 Å². The van der Waals surface area contributed by atoms with Crippen molar-refractivity contribution in [1.29, 1.82) is 5.41 Å². The SMILES string of the molecule is COC(=O)Cc1cccc(NC(=O)c2ccc(-c3ccc(C(=N)N)cc3)cc2)c1. The van der Waals surface area contributed by atoms with E-state index in [0.29, 0.717) is 16.8 Å². The Labute approximate surface area is 168 Å². The average molecular weight is 387 g/mol. The van der Waals surface area contributed by atoms with Gasteiger partial charge in [0.1, 0.15) is 5.84 Å². The summed E-state index contributed by atoms with van der Waals surface area (Å²) in [6.07, 6.45) is 0.150. The van der Waals surface area contributed by atoms with Crippen LogP contribution in [0.1, 0.15) is 21.5 Å². The maximum absolute atomic E-state index is 12.5. The van der Waals surface area contributed by atoms with Gasteiger partial charge in [0.15, 0.2) is 0 Å². The number of nitrogens with one attached hydrogen (secondary N) is 2. The Morgan fingerprint density at radius 3 is 2.07 bits per heavy atom. The van der Waals surface area contributed by atoms with Gasteiger partial charge in [0.2, 0.25) is 0 Å². The number of benzene rings is 3. The molecule has 0 bridgehead atoms. The van der Waals surface area contributed by atoms with Crippen molar-refractivity contribution in [2.45, 2.75) is 6.42 Å². The highest BCUT2D eigenvalue weighted by Crippen LogP contribution is 2.21. The second-order valence-corrected chi connectivity index (χ2v) is 6.48. The van der Waals surface area contributed by atoms with E-state index in [0.717, 1.165) is 16.7 Å². The minimum absolute atomic E-state index is 0.0271. The smallest absolute Gasteiger partial charge is 0.309 e. The van der Waals surface area contributed by atoms with Gasteiger partial charge in [-0.2, -0.15) is 0 Å². The fourth-order valence-electron chi connectivity index (χ4n) is 2.86. The number of amides is 1. The molecule has 4 N–H and O–H groups in total. The normalized spacial score (nSPS) is 10.2. The highest BCUT2D eigenvalue weighted by Gasteiger charge is 2.09. The van der Waals surface area contributed by atoms with Crippen LogP contribution in [0.2, 0.25) is 0 Å². The highest BCUT2D eigenvalue weighted by molar-refractivity contribution is 6.04. The lowest BCUT2D eigenvalue weighted by atomic mass is 10.0. The van der Waals surface area contributed by atoms with Crippen LogP contribution in [0.5, 0.6) is 0 Å². The zero-order valence-electron chi connectivity index (χ0n) is 15.9. The minimum atomic E-state index is -0.333. The van der Waals surface area contributed by atoms with E-state index in [9.17, 15) is 9.59 Å². The van der Waals surface area contributed by atoms with E-state index in [1.165, 1.54) is 7.11 Å². The van der Waals surface area contributed by atoms with Crippen LogP contribution < -0.4 is 11.1 Å². The molecule has 3 aromatic carbocycles. The Bertz CT molecular complexity index is 1040. The zero-order valence-corrected chi connectivity index (χ0v) is 15.9. The lowest BCUT2D eigenvalue weighted by Crippen LogP contribution is -2.12. The second-order valence-electron chi connectivity index (χ2n) is 6.48. The van der Waals surface area contributed by atoms with Crippen LogP contribution in [0.25, 0.3) is 11.1 Å². The quantitative estimate of drug-likeness (QED) is 0.341. The third-order valence-corrected chi connectivity index (χ3v) is 4.44. The largest absolute Gasteiger partial charge is 0.469 e. The van der Waals surface area contributed by atoms with Crippen LogP contribution in [-0.2, 0) is 16.0 Å². The molecular weight excluding hydrogens is 366 g/mol. The first-order chi connectivity index (χ1) is 14.0. The van der Waals surface area contributed by atoms with E-state index in [-0.39, 0.29) is 24.1 Å².